The first-order valence-electron chi connectivity index (χ1n) is 25.9. The van der Waals surface area contributed by atoms with Crippen molar-refractivity contribution in [2.24, 2.45) is 0 Å². The first kappa shape index (κ1) is 62.3. The maximum atomic E-state index is 11.4. The second-order valence-corrected chi connectivity index (χ2v) is 19.8. The van der Waals surface area contributed by atoms with Gasteiger partial charge in [0, 0.05) is 33.4 Å². The van der Waals surface area contributed by atoms with Crippen molar-refractivity contribution < 1.29 is 118 Å². The number of ether oxygens (including phenoxy) is 6. The van der Waals surface area contributed by atoms with Crippen molar-refractivity contribution in [3.05, 3.63) is 176 Å². The van der Waals surface area contributed by atoms with E-state index in [0.29, 0.717) is 33.4 Å². The van der Waals surface area contributed by atoms with Crippen molar-refractivity contribution in [3.8, 4) is 34.5 Å². The van der Waals surface area contributed by atoms with Crippen LogP contribution in [0, 0.1) is 0 Å². The molecule has 24 heteroatoms. The molecule has 0 bridgehead atoms. The van der Waals surface area contributed by atoms with Crippen molar-refractivity contribution in [2.45, 2.75) is 115 Å². The van der Waals surface area contributed by atoms with Gasteiger partial charge in [0.1, 0.15) is 141 Å². The van der Waals surface area contributed by atoms with Gasteiger partial charge in [-0.3, -0.25) is 0 Å². The number of aromatic hydroxyl groups is 6. The maximum Gasteiger partial charge on any atom is 0.342 e. The molecule has 0 fully saturated rings. The third-order valence-corrected chi connectivity index (χ3v) is 14.0. The number of esters is 6. The smallest absolute Gasteiger partial charge is 0.342 e. The first-order valence-corrected chi connectivity index (χ1v) is 25.9. The summed E-state index contributed by atoms with van der Waals surface area (Å²) in [4.78, 5) is 68.2. The maximum absolute atomic E-state index is 11.4. The highest BCUT2D eigenvalue weighted by atomic mass is 16.6. The average molecular weight is 1170 g/mol. The third-order valence-electron chi connectivity index (χ3n) is 14.0. The number of fused-ring (bicyclic) bond motifs is 6. The van der Waals surface area contributed by atoms with Gasteiger partial charge in [-0.05, 0) is 77.9 Å². The summed E-state index contributed by atoms with van der Waals surface area (Å²) < 4.78 is 29.1. The van der Waals surface area contributed by atoms with Crippen LogP contribution in [0.5, 0.6) is 34.5 Å². The molecule has 444 valence electrons. The zero-order chi connectivity index (χ0) is 61.8. The Morgan fingerprint density at radius 3 is 0.476 bits per heavy atom. The van der Waals surface area contributed by atoms with Gasteiger partial charge in [-0.1, -0.05) is 72.8 Å². The van der Waals surface area contributed by atoms with Gasteiger partial charge in [0.2, 0.25) is 0 Å². The van der Waals surface area contributed by atoms with Crippen LogP contribution in [0.1, 0.15) is 174 Å². The lowest BCUT2D eigenvalue weighted by molar-refractivity contribution is -0.0220. The molecule has 0 amide bonds. The third kappa shape index (κ3) is 12.8. The van der Waals surface area contributed by atoms with E-state index in [1.165, 1.54) is 36.4 Å². The highest BCUT2D eigenvalue weighted by Crippen LogP contribution is 2.39. The van der Waals surface area contributed by atoms with Crippen LogP contribution >= 0.6 is 0 Å². The van der Waals surface area contributed by atoms with Crippen LogP contribution in [0.4, 0.5) is 0 Å². The topological polar surface area (TPSA) is 401 Å². The van der Waals surface area contributed by atoms with Crippen molar-refractivity contribution in [2.75, 3.05) is 0 Å². The number of cyclic esters (lactones) is 6. The molecule has 24 nitrogen and oxygen atoms in total. The number of hydrogen-bond acceptors (Lipinski definition) is 24. The molecule has 12 rings (SSSR count). The molecule has 0 radical (unpaired) electrons. The van der Waals surface area contributed by atoms with Gasteiger partial charge in [-0.25, -0.2) is 28.8 Å². The lowest BCUT2D eigenvalue weighted by Crippen LogP contribution is -2.29. The number of phenolic OH excluding ortho intramolecular Hbond substituents is 6. The summed E-state index contributed by atoms with van der Waals surface area (Å²) in [6.45, 7) is 9.64. The zero-order valence-corrected chi connectivity index (χ0v) is 45.6. The zero-order valence-electron chi connectivity index (χ0n) is 45.6. The van der Waals surface area contributed by atoms with Crippen LogP contribution in [-0.4, -0.2) is 134 Å². The molecule has 0 unspecified atom stereocenters. The summed E-state index contributed by atoms with van der Waals surface area (Å²) in [6, 6.07) is 27.5. The molecule has 6 aromatic carbocycles. The minimum Gasteiger partial charge on any atom is -0.507 e. The van der Waals surface area contributed by atoms with Crippen LogP contribution in [-0.2, 0) is 28.4 Å². The highest BCUT2D eigenvalue weighted by Gasteiger charge is 2.38. The Labute approximate surface area is 478 Å². The van der Waals surface area contributed by atoms with E-state index in [2.05, 4.69) is 0 Å². The Balaban J connectivity index is 0.000000145. The van der Waals surface area contributed by atoms with E-state index in [-0.39, 0.29) is 67.9 Å². The standard InChI is InChI=1S/6C10H10O4/c6*1-5-9(12)6-3-2-4-7(11)8(6)10(13)14-5/h6*2-5,9,11-12H,1H3/t6*5-,9+/m111111/s1. The van der Waals surface area contributed by atoms with Gasteiger partial charge in [0.15, 0.2) is 0 Å². The molecule has 6 aliphatic rings. The molecule has 0 aliphatic carbocycles. The summed E-state index contributed by atoms with van der Waals surface area (Å²) in [7, 11) is 0. The van der Waals surface area contributed by atoms with Crippen molar-refractivity contribution in [3.63, 3.8) is 0 Å². The predicted octanol–water partition coefficient (Wildman–Crippen LogP) is 5.91. The molecule has 84 heavy (non-hydrogen) atoms. The highest BCUT2D eigenvalue weighted by molar-refractivity contribution is 5.98. The van der Waals surface area contributed by atoms with E-state index in [1.807, 2.05) is 0 Å². The number of aliphatic hydroxyl groups is 6. The summed E-state index contributed by atoms with van der Waals surface area (Å²) in [5.41, 5.74) is 2.95. The predicted molar refractivity (Wildman–Crippen MR) is 288 cm³/mol. The molecule has 12 atom stereocenters. The molecular weight excluding hydrogens is 1100 g/mol. The SMILES string of the molecule is C[C@H]1OC(=O)c2c(O)cccc2[C@H]1O.C[C@H]1OC(=O)c2c(O)cccc2[C@H]1O.C[C@H]1OC(=O)c2c(O)cccc2[C@H]1O.C[C@H]1OC(=O)c2c(O)cccc2[C@H]1O.C[C@H]1OC(=O)c2c(O)cccc2[C@H]1O.C[C@H]1OC(=O)c2c(O)cccc2[C@H]1O. The Morgan fingerprint density at radius 1 is 0.238 bits per heavy atom. The number of carbonyl (C=O) groups is 6. The van der Waals surface area contributed by atoms with E-state index in [4.69, 9.17) is 28.4 Å². The second-order valence-electron chi connectivity index (χ2n) is 19.8. The lowest BCUT2D eigenvalue weighted by atomic mass is 9.96. The van der Waals surface area contributed by atoms with Crippen molar-refractivity contribution >= 4 is 35.8 Å². The van der Waals surface area contributed by atoms with Crippen molar-refractivity contribution in [1.29, 1.82) is 0 Å². The number of phenols is 6. The van der Waals surface area contributed by atoms with E-state index in [9.17, 15) is 90.0 Å². The molecule has 12 N–H and O–H groups in total. The van der Waals surface area contributed by atoms with Gasteiger partial charge < -0.3 is 89.7 Å². The molecule has 0 saturated carbocycles. The number of hydrogen-bond donors (Lipinski definition) is 12. The first-order chi connectivity index (χ1) is 39.7. The Kier molecular flexibility index (Phi) is 19.2. The van der Waals surface area contributed by atoms with Gasteiger partial charge in [0.05, 0.1) is 0 Å². The number of aliphatic hydroxyl groups excluding tert-OH is 6. The Bertz CT molecular complexity index is 2900. The largest absolute Gasteiger partial charge is 0.507 e. The van der Waals surface area contributed by atoms with Crippen molar-refractivity contribution in [1.82, 2.24) is 0 Å². The normalized spacial score (nSPS) is 25.4. The molecule has 6 aromatic rings. The second kappa shape index (κ2) is 25.9. The molecule has 0 spiro atoms. The van der Waals surface area contributed by atoms with Crippen LogP contribution in [0.2, 0.25) is 0 Å². The molecular formula is C60H60O24. The summed E-state index contributed by atoms with van der Waals surface area (Å²) >= 11 is 0. The Morgan fingerprint density at radius 2 is 0.357 bits per heavy atom. The van der Waals surface area contributed by atoms with E-state index < -0.39 is 109 Å². The van der Waals surface area contributed by atoms with Crippen LogP contribution < -0.4 is 0 Å². The average Bonchev–Trinajstić information content (AvgIpc) is 3.52. The van der Waals surface area contributed by atoms with E-state index >= 15 is 0 Å². The number of rotatable bonds is 0. The number of carbonyl (C=O) groups excluding carboxylic acids is 6. The molecule has 0 aromatic heterocycles. The van der Waals surface area contributed by atoms with Crippen LogP contribution in [0.15, 0.2) is 109 Å². The summed E-state index contributed by atoms with van der Waals surface area (Å²) in [6.07, 6.45) is -8.63. The number of benzene rings is 6. The van der Waals surface area contributed by atoms with Gasteiger partial charge in [-0.2, -0.15) is 0 Å². The van der Waals surface area contributed by atoms with Gasteiger partial charge in [0.25, 0.3) is 0 Å². The fraction of sp³-hybridized carbons (Fsp3) is 0.300. The monoisotopic (exact) mass is 1160 g/mol. The lowest BCUT2D eigenvalue weighted by Gasteiger charge is -2.27. The molecule has 6 heterocycles. The summed E-state index contributed by atoms with van der Waals surface area (Å²) in [5, 5.41) is 115. The minimum atomic E-state index is -0.866. The molecule has 0 saturated heterocycles. The van der Waals surface area contributed by atoms with Crippen LogP contribution in [0.3, 0.4) is 0 Å². The van der Waals surface area contributed by atoms with Gasteiger partial charge in [-0.15, -0.1) is 0 Å². The van der Waals surface area contributed by atoms with E-state index in [1.54, 1.807) is 114 Å². The quantitative estimate of drug-likeness (QED) is 0.0621. The van der Waals surface area contributed by atoms with E-state index in [0.717, 1.165) is 0 Å². The van der Waals surface area contributed by atoms with Gasteiger partial charge >= 0.3 is 35.8 Å². The van der Waals surface area contributed by atoms with Crippen LogP contribution in [0.25, 0.3) is 0 Å². The Hall–Kier alpha value is -9.30. The fourth-order valence-corrected chi connectivity index (χ4v) is 9.43. The fourth-order valence-electron chi connectivity index (χ4n) is 9.43. The summed E-state index contributed by atoms with van der Waals surface area (Å²) in [5.74, 6) is -4.45. The minimum absolute atomic E-state index is 0.0677. The molecule has 6 aliphatic heterocycles.